The van der Waals surface area contributed by atoms with Crippen molar-refractivity contribution in [3.63, 3.8) is 0 Å². The maximum Gasteiger partial charge on any atom is 0.308 e. The van der Waals surface area contributed by atoms with Crippen LogP contribution in [0.15, 0.2) is 28.0 Å². The van der Waals surface area contributed by atoms with Crippen LogP contribution in [0.4, 0.5) is 0 Å². The van der Waals surface area contributed by atoms with Crippen molar-refractivity contribution in [2.75, 3.05) is 5.75 Å². The Bertz CT molecular complexity index is 873. The molecule has 0 fully saturated rings. The maximum absolute atomic E-state index is 13.2. The minimum absolute atomic E-state index is 0.114. The molecule has 0 saturated carbocycles. The number of thioether (sulfide) groups is 2. The zero-order valence-corrected chi connectivity index (χ0v) is 17.0. The molecule has 1 aliphatic carbocycles. The van der Waals surface area contributed by atoms with Crippen LogP contribution in [0.25, 0.3) is 0 Å². The molecule has 28 heavy (non-hydrogen) atoms. The first-order valence-electron chi connectivity index (χ1n) is 9.05. The van der Waals surface area contributed by atoms with Gasteiger partial charge in [0.2, 0.25) is 11.6 Å². The van der Waals surface area contributed by atoms with Crippen molar-refractivity contribution in [1.82, 2.24) is 0 Å². The minimum atomic E-state index is -0.809. The maximum atomic E-state index is 13.2. The molecule has 1 aromatic carbocycles. The molecule has 0 radical (unpaired) electrons. The number of carboxylic acid groups (broad SMARTS) is 1. The van der Waals surface area contributed by atoms with Gasteiger partial charge in [-0.05, 0) is 37.1 Å². The zero-order valence-electron chi connectivity index (χ0n) is 15.4. The monoisotopic (exact) mass is 420 g/mol. The molecule has 1 N–H and O–H groups in total. The number of ketones is 2. The molecule has 8 heteroatoms. The van der Waals surface area contributed by atoms with Crippen molar-refractivity contribution < 1.29 is 29.0 Å². The van der Waals surface area contributed by atoms with E-state index in [1.54, 1.807) is 12.1 Å². The number of allylic oxidation sites excluding steroid dienone is 2. The van der Waals surface area contributed by atoms with E-state index in [2.05, 4.69) is 0 Å². The average Bonchev–Trinajstić information content (AvgIpc) is 2.85. The molecule has 2 aliphatic rings. The standard InChI is InChI=1S/C20H20O6S2/c1-11(21)26-14-7-4-6-13-16(14)18(25)20-19(17(13)24)27-10-9-12(28-20)5-2-3-8-15(22)23/h4,6-7,12H,2-3,5,8-10H2,1H3,(H,22,23)/t12-/m1/s1. The molecule has 1 heterocycles. The fourth-order valence-electron chi connectivity index (χ4n) is 3.24. The minimum Gasteiger partial charge on any atom is -0.481 e. The van der Waals surface area contributed by atoms with Crippen LogP contribution in [0.2, 0.25) is 0 Å². The molecule has 0 amide bonds. The van der Waals surface area contributed by atoms with Crippen molar-refractivity contribution in [2.24, 2.45) is 0 Å². The number of rotatable bonds is 6. The Hall–Kier alpha value is -2.06. The number of carbonyl (C=O) groups is 4. The van der Waals surface area contributed by atoms with Gasteiger partial charge in [-0.2, -0.15) is 0 Å². The summed E-state index contributed by atoms with van der Waals surface area (Å²) in [6.07, 6.45) is 3.11. The van der Waals surface area contributed by atoms with Gasteiger partial charge in [0.25, 0.3) is 0 Å². The Morgan fingerprint density at radius 2 is 1.96 bits per heavy atom. The molecule has 0 saturated heterocycles. The Kier molecular flexibility index (Phi) is 6.61. The lowest BCUT2D eigenvalue weighted by molar-refractivity contribution is -0.137. The number of benzene rings is 1. The number of hydrogen-bond acceptors (Lipinski definition) is 7. The highest BCUT2D eigenvalue weighted by molar-refractivity contribution is 8.08. The lowest BCUT2D eigenvalue weighted by atomic mass is 9.93. The first-order chi connectivity index (χ1) is 13.4. The molecule has 3 rings (SSSR count). The second-order valence-corrected chi connectivity index (χ2v) is 9.02. The number of unbranched alkanes of at least 4 members (excludes halogenated alkanes) is 1. The van der Waals surface area contributed by atoms with Gasteiger partial charge in [0.05, 0.1) is 15.4 Å². The van der Waals surface area contributed by atoms with E-state index < -0.39 is 11.9 Å². The van der Waals surface area contributed by atoms with E-state index in [0.717, 1.165) is 25.0 Å². The highest BCUT2D eigenvalue weighted by Gasteiger charge is 2.37. The molecule has 1 aromatic rings. The summed E-state index contributed by atoms with van der Waals surface area (Å²) in [5, 5.41) is 8.91. The summed E-state index contributed by atoms with van der Waals surface area (Å²) in [6.45, 7) is 1.25. The van der Waals surface area contributed by atoms with E-state index in [1.165, 1.54) is 36.5 Å². The van der Waals surface area contributed by atoms with E-state index in [-0.39, 0.29) is 40.1 Å². The fraction of sp³-hybridized carbons (Fsp3) is 0.400. The van der Waals surface area contributed by atoms with Crippen LogP contribution in [0.5, 0.6) is 5.75 Å². The van der Waals surface area contributed by atoms with Gasteiger partial charge in [-0.25, -0.2) is 0 Å². The summed E-state index contributed by atoms with van der Waals surface area (Å²) in [6, 6.07) is 4.72. The predicted octanol–water partition coefficient (Wildman–Crippen LogP) is 4.09. The molecule has 1 atom stereocenters. The number of fused-ring (bicyclic) bond motifs is 1. The topological polar surface area (TPSA) is 97.7 Å². The van der Waals surface area contributed by atoms with Gasteiger partial charge in [-0.1, -0.05) is 12.5 Å². The van der Waals surface area contributed by atoms with Crippen LogP contribution in [0.1, 0.15) is 59.7 Å². The molecular weight excluding hydrogens is 400 g/mol. The number of aliphatic carboxylic acids is 1. The first-order valence-corrected chi connectivity index (χ1v) is 10.9. The molecule has 0 unspecified atom stereocenters. The van der Waals surface area contributed by atoms with Crippen LogP contribution in [-0.4, -0.2) is 39.6 Å². The number of esters is 1. The predicted molar refractivity (Wildman–Crippen MR) is 108 cm³/mol. The fourth-order valence-corrected chi connectivity index (χ4v) is 6.05. The molecule has 0 spiro atoms. The van der Waals surface area contributed by atoms with Gasteiger partial charge in [0, 0.05) is 24.2 Å². The largest absolute Gasteiger partial charge is 0.481 e. The van der Waals surface area contributed by atoms with Gasteiger partial charge in [-0.3, -0.25) is 19.2 Å². The molecule has 0 bridgehead atoms. The summed E-state index contributed by atoms with van der Waals surface area (Å²) >= 11 is 2.80. The highest BCUT2D eigenvalue weighted by atomic mass is 32.2. The third kappa shape index (κ3) is 4.50. The molecule has 6 nitrogen and oxygen atoms in total. The van der Waals surface area contributed by atoms with E-state index in [1.807, 2.05) is 0 Å². The lowest BCUT2D eigenvalue weighted by Gasteiger charge is -2.21. The molecule has 0 aromatic heterocycles. The second kappa shape index (κ2) is 8.96. The van der Waals surface area contributed by atoms with Gasteiger partial charge >= 0.3 is 11.9 Å². The van der Waals surface area contributed by atoms with E-state index in [9.17, 15) is 19.2 Å². The van der Waals surface area contributed by atoms with Gasteiger partial charge < -0.3 is 9.84 Å². The van der Waals surface area contributed by atoms with Crippen LogP contribution >= 0.6 is 23.5 Å². The number of hydrogen-bond donors (Lipinski definition) is 1. The Balaban J connectivity index is 1.84. The van der Waals surface area contributed by atoms with E-state index in [0.29, 0.717) is 16.2 Å². The van der Waals surface area contributed by atoms with E-state index >= 15 is 0 Å². The van der Waals surface area contributed by atoms with Crippen molar-refractivity contribution in [2.45, 2.75) is 44.3 Å². The van der Waals surface area contributed by atoms with Gasteiger partial charge in [0.15, 0.2) is 0 Å². The van der Waals surface area contributed by atoms with Gasteiger partial charge in [0.1, 0.15) is 5.75 Å². The Morgan fingerprint density at radius 1 is 1.18 bits per heavy atom. The number of ether oxygens (including phenoxy) is 1. The van der Waals surface area contributed by atoms with Crippen LogP contribution in [-0.2, 0) is 9.59 Å². The second-order valence-electron chi connectivity index (χ2n) is 6.61. The highest BCUT2D eigenvalue weighted by Crippen LogP contribution is 2.46. The number of carbonyl (C=O) groups excluding carboxylic acids is 3. The lowest BCUT2D eigenvalue weighted by Crippen LogP contribution is -2.21. The zero-order chi connectivity index (χ0) is 20.3. The average molecular weight is 421 g/mol. The quantitative estimate of drug-likeness (QED) is 0.418. The van der Waals surface area contributed by atoms with Crippen molar-refractivity contribution >= 4 is 47.0 Å². The van der Waals surface area contributed by atoms with Crippen molar-refractivity contribution in [1.29, 1.82) is 0 Å². The van der Waals surface area contributed by atoms with E-state index in [4.69, 9.17) is 9.84 Å². The normalized spacial score (nSPS) is 19.0. The summed E-state index contributed by atoms with van der Waals surface area (Å²) in [4.78, 5) is 49.1. The van der Waals surface area contributed by atoms with Crippen LogP contribution in [0.3, 0.4) is 0 Å². The summed E-state index contributed by atoms with van der Waals surface area (Å²) < 4.78 is 5.16. The molecular formula is C20H20O6S2. The molecule has 1 aliphatic heterocycles. The van der Waals surface area contributed by atoms with Gasteiger partial charge in [-0.15, -0.1) is 23.5 Å². The Morgan fingerprint density at radius 3 is 2.68 bits per heavy atom. The Labute approximate surface area is 171 Å². The number of Topliss-reactive ketones (excluding diaryl/α,β-unsaturated/α-hetero) is 2. The van der Waals surface area contributed by atoms with Crippen molar-refractivity contribution in [3.8, 4) is 5.75 Å². The summed E-state index contributed by atoms with van der Waals surface area (Å²) in [5.74, 6) is -1.00. The smallest absolute Gasteiger partial charge is 0.308 e. The van der Waals surface area contributed by atoms with Crippen LogP contribution in [0, 0.1) is 0 Å². The summed E-state index contributed by atoms with van der Waals surface area (Å²) in [7, 11) is 0. The third-order valence-electron chi connectivity index (χ3n) is 4.51. The first kappa shape index (κ1) is 20.7. The van der Waals surface area contributed by atoms with Crippen LogP contribution < -0.4 is 4.74 Å². The third-order valence-corrected chi connectivity index (χ3v) is 7.18. The van der Waals surface area contributed by atoms with Crippen molar-refractivity contribution in [3.05, 3.63) is 39.1 Å². The summed E-state index contributed by atoms with van der Waals surface area (Å²) in [5.41, 5.74) is 0.427. The molecule has 148 valence electrons. The number of carboxylic acids is 1. The SMILES string of the molecule is CC(=O)Oc1cccc2c1C(=O)C1=C(SCC[C@@H](CCCCC(=O)O)S1)C2=O.